The summed E-state index contributed by atoms with van der Waals surface area (Å²) in [6.45, 7) is 4.61. The Morgan fingerprint density at radius 1 is 1.27 bits per heavy atom. The fourth-order valence-electron chi connectivity index (χ4n) is 2.73. The summed E-state index contributed by atoms with van der Waals surface area (Å²) >= 11 is 0. The van der Waals surface area contributed by atoms with Gasteiger partial charge in [-0.1, -0.05) is 19.9 Å². The number of carbonyl (C=O) groups excluding carboxylic acids is 1. The van der Waals surface area contributed by atoms with Crippen LogP contribution in [-0.2, 0) is 11.3 Å². The fourth-order valence-corrected chi connectivity index (χ4v) is 2.73. The van der Waals surface area contributed by atoms with Gasteiger partial charge in [0.2, 0.25) is 6.79 Å². The molecule has 1 heterocycles. The highest BCUT2D eigenvalue weighted by Crippen LogP contribution is 2.35. The second-order valence-electron chi connectivity index (χ2n) is 6.46. The number of carbonyl (C=O) groups is 1. The Morgan fingerprint density at radius 2 is 2.05 bits per heavy atom. The zero-order valence-electron chi connectivity index (χ0n) is 12.8. The van der Waals surface area contributed by atoms with E-state index in [1.165, 1.54) is 6.21 Å². The van der Waals surface area contributed by atoms with Gasteiger partial charge < -0.3 is 14.6 Å². The quantitative estimate of drug-likeness (QED) is 0.871. The highest BCUT2D eigenvalue weighted by Gasteiger charge is 2.32. The second-order valence-corrected chi connectivity index (χ2v) is 6.46. The molecule has 1 aliphatic carbocycles. The van der Waals surface area contributed by atoms with Crippen molar-refractivity contribution in [2.24, 2.45) is 10.4 Å². The van der Waals surface area contributed by atoms with Crippen LogP contribution in [-0.4, -0.2) is 23.9 Å². The molecule has 1 aromatic rings. The number of Topliss-reactive ketones (excluding diaryl/α,β-unsaturated/α-hetero) is 1. The Bertz CT molecular complexity index is 673. The standard InChI is InChI=1S/C17H19NO4/c1-17(2)6-13(19)12(14(20)7-17)9-18-8-11-3-4-15-16(5-11)22-10-21-15/h3-5,9,19H,6-8,10H2,1-2H3. The summed E-state index contributed by atoms with van der Waals surface area (Å²) in [6.07, 6.45) is 2.42. The normalized spacial score (nSPS) is 20.0. The maximum absolute atomic E-state index is 12.1. The smallest absolute Gasteiger partial charge is 0.231 e. The summed E-state index contributed by atoms with van der Waals surface area (Å²) in [4.78, 5) is 16.3. The number of aliphatic imine (C=N–C) groups is 1. The molecule has 0 saturated carbocycles. The zero-order valence-corrected chi connectivity index (χ0v) is 12.8. The van der Waals surface area contributed by atoms with Gasteiger partial charge >= 0.3 is 0 Å². The number of aliphatic hydroxyl groups excluding tert-OH is 1. The highest BCUT2D eigenvalue weighted by atomic mass is 16.7. The predicted octanol–water partition coefficient (Wildman–Crippen LogP) is 3.19. The molecule has 0 atom stereocenters. The van der Waals surface area contributed by atoms with Crippen molar-refractivity contribution in [2.45, 2.75) is 33.2 Å². The molecule has 0 spiro atoms. The maximum Gasteiger partial charge on any atom is 0.231 e. The molecule has 1 aromatic carbocycles. The summed E-state index contributed by atoms with van der Waals surface area (Å²) in [5.74, 6) is 1.53. The van der Waals surface area contributed by atoms with E-state index in [1.807, 2.05) is 32.0 Å². The van der Waals surface area contributed by atoms with Crippen molar-refractivity contribution in [3.05, 3.63) is 35.1 Å². The van der Waals surface area contributed by atoms with Crippen LogP contribution in [0.2, 0.25) is 0 Å². The van der Waals surface area contributed by atoms with Crippen LogP contribution in [0.3, 0.4) is 0 Å². The highest BCUT2D eigenvalue weighted by molar-refractivity contribution is 6.14. The van der Waals surface area contributed by atoms with E-state index >= 15 is 0 Å². The van der Waals surface area contributed by atoms with Crippen molar-refractivity contribution >= 4 is 12.0 Å². The van der Waals surface area contributed by atoms with E-state index in [0.717, 1.165) is 11.3 Å². The number of nitrogens with zero attached hydrogens (tertiary/aromatic N) is 1. The average molecular weight is 301 g/mol. The molecule has 0 aromatic heterocycles. The molecule has 0 amide bonds. The number of benzene rings is 1. The van der Waals surface area contributed by atoms with E-state index in [-0.39, 0.29) is 23.8 Å². The minimum absolute atomic E-state index is 0.0526. The number of hydrogen-bond acceptors (Lipinski definition) is 5. The molecule has 116 valence electrons. The van der Waals surface area contributed by atoms with Crippen LogP contribution in [0.4, 0.5) is 0 Å². The molecule has 3 rings (SSSR count). The number of hydrogen-bond donors (Lipinski definition) is 1. The molecule has 5 heteroatoms. The number of aliphatic hydroxyl groups is 1. The summed E-state index contributed by atoms with van der Waals surface area (Å²) < 4.78 is 10.6. The van der Waals surface area contributed by atoms with Crippen molar-refractivity contribution < 1.29 is 19.4 Å². The van der Waals surface area contributed by atoms with Crippen LogP contribution in [0.25, 0.3) is 0 Å². The van der Waals surface area contributed by atoms with Crippen molar-refractivity contribution in [2.75, 3.05) is 6.79 Å². The van der Waals surface area contributed by atoms with Crippen molar-refractivity contribution in [3.8, 4) is 11.5 Å². The van der Waals surface area contributed by atoms with E-state index in [1.54, 1.807) is 0 Å². The van der Waals surface area contributed by atoms with Crippen molar-refractivity contribution in [3.63, 3.8) is 0 Å². The lowest BCUT2D eigenvalue weighted by molar-refractivity contribution is -0.117. The minimum Gasteiger partial charge on any atom is -0.511 e. The number of fused-ring (bicyclic) bond motifs is 1. The van der Waals surface area contributed by atoms with E-state index in [2.05, 4.69) is 4.99 Å². The molecular formula is C17H19NO4. The third kappa shape index (κ3) is 2.98. The summed E-state index contributed by atoms with van der Waals surface area (Å²) in [5.41, 5.74) is 1.11. The first-order valence-electron chi connectivity index (χ1n) is 7.28. The molecule has 5 nitrogen and oxygen atoms in total. The molecule has 0 fully saturated rings. The average Bonchev–Trinajstić information content (AvgIpc) is 2.88. The van der Waals surface area contributed by atoms with Crippen molar-refractivity contribution in [1.29, 1.82) is 0 Å². The van der Waals surface area contributed by atoms with Gasteiger partial charge in [0.25, 0.3) is 0 Å². The number of rotatable bonds is 3. The molecule has 1 N–H and O–H groups in total. The molecule has 22 heavy (non-hydrogen) atoms. The van der Waals surface area contributed by atoms with Gasteiger partial charge in [-0.2, -0.15) is 0 Å². The van der Waals surface area contributed by atoms with Crippen LogP contribution in [0.1, 0.15) is 32.3 Å². The lowest BCUT2D eigenvalue weighted by Gasteiger charge is -2.28. The Labute approximate surface area is 129 Å². The Morgan fingerprint density at radius 3 is 2.82 bits per heavy atom. The van der Waals surface area contributed by atoms with Gasteiger partial charge in [0.15, 0.2) is 17.3 Å². The van der Waals surface area contributed by atoms with Gasteiger partial charge in [0.05, 0.1) is 12.1 Å². The maximum atomic E-state index is 12.1. The largest absolute Gasteiger partial charge is 0.511 e. The van der Waals surface area contributed by atoms with Gasteiger partial charge in [-0.15, -0.1) is 0 Å². The molecule has 2 aliphatic rings. The van der Waals surface area contributed by atoms with Crippen LogP contribution >= 0.6 is 0 Å². The SMILES string of the molecule is CC1(C)CC(=O)C(C=NCc2ccc3c(c2)OCO3)=C(O)C1. The lowest BCUT2D eigenvalue weighted by atomic mass is 9.77. The summed E-state index contributed by atoms with van der Waals surface area (Å²) in [6, 6.07) is 5.63. The Kier molecular flexibility index (Phi) is 3.64. The fraction of sp³-hybridized carbons (Fsp3) is 0.412. The molecule has 0 saturated heterocycles. The summed E-state index contributed by atoms with van der Waals surface area (Å²) in [7, 11) is 0. The second kappa shape index (κ2) is 5.48. The Hall–Kier alpha value is -2.30. The number of allylic oxidation sites excluding steroid dienone is 2. The van der Waals surface area contributed by atoms with Gasteiger partial charge in [-0.05, 0) is 23.1 Å². The van der Waals surface area contributed by atoms with Gasteiger partial charge in [-0.25, -0.2) is 0 Å². The topological polar surface area (TPSA) is 68.1 Å². The lowest BCUT2D eigenvalue weighted by Crippen LogP contribution is -2.26. The first-order valence-corrected chi connectivity index (χ1v) is 7.28. The third-order valence-electron chi connectivity index (χ3n) is 3.83. The predicted molar refractivity (Wildman–Crippen MR) is 82.4 cm³/mol. The molecular weight excluding hydrogens is 282 g/mol. The minimum atomic E-state index is -0.185. The van der Waals surface area contributed by atoms with E-state index in [0.29, 0.717) is 30.7 Å². The van der Waals surface area contributed by atoms with E-state index in [4.69, 9.17) is 9.47 Å². The molecule has 0 unspecified atom stereocenters. The first kappa shape index (κ1) is 14.6. The third-order valence-corrected chi connectivity index (χ3v) is 3.83. The molecule has 1 aliphatic heterocycles. The number of ketones is 1. The van der Waals surface area contributed by atoms with Crippen LogP contribution in [0.5, 0.6) is 11.5 Å². The van der Waals surface area contributed by atoms with E-state index < -0.39 is 0 Å². The van der Waals surface area contributed by atoms with Gasteiger partial charge in [-0.3, -0.25) is 9.79 Å². The van der Waals surface area contributed by atoms with Crippen LogP contribution < -0.4 is 9.47 Å². The first-order chi connectivity index (χ1) is 10.4. The van der Waals surface area contributed by atoms with Gasteiger partial charge in [0.1, 0.15) is 5.76 Å². The molecule has 0 bridgehead atoms. The Balaban J connectivity index is 1.71. The van der Waals surface area contributed by atoms with Crippen molar-refractivity contribution in [1.82, 2.24) is 0 Å². The van der Waals surface area contributed by atoms with E-state index in [9.17, 15) is 9.90 Å². The van der Waals surface area contributed by atoms with Crippen LogP contribution in [0.15, 0.2) is 34.5 Å². The monoisotopic (exact) mass is 301 g/mol. The van der Waals surface area contributed by atoms with Crippen LogP contribution in [0, 0.1) is 5.41 Å². The van der Waals surface area contributed by atoms with Gasteiger partial charge in [0, 0.05) is 19.1 Å². The number of ether oxygens (including phenoxy) is 2. The zero-order chi connectivity index (χ0) is 15.7. The molecule has 0 radical (unpaired) electrons. The summed E-state index contributed by atoms with van der Waals surface area (Å²) in [5, 5.41) is 10.0.